The van der Waals surface area contributed by atoms with Crippen molar-refractivity contribution in [2.45, 2.75) is 58.4 Å². The van der Waals surface area contributed by atoms with Gasteiger partial charge in [-0.05, 0) is 62.2 Å². The molecule has 4 aliphatic rings. The Labute approximate surface area is 112 Å². The molecule has 1 unspecified atom stereocenters. The Morgan fingerprint density at radius 1 is 1.06 bits per heavy atom. The second kappa shape index (κ2) is 4.79. The lowest BCUT2D eigenvalue weighted by Crippen LogP contribution is -2.56. The fourth-order valence-corrected chi connectivity index (χ4v) is 4.92. The zero-order valence-electron chi connectivity index (χ0n) is 12.0. The first-order chi connectivity index (χ1) is 8.63. The summed E-state index contributed by atoms with van der Waals surface area (Å²) in [7, 11) is 0. The summed E-state index contributed by atoms with van der Waals surface area (Å²) in [5.41, 5.74) is 0.0780. The summed E-state index contributed by atoms with van der Waals surface area (Å²) in [5, 5.41) is 13.4. The van der Waals surface area contributed by atoms with Gasteiger partial charge in [-0.2, -0.15) is 0 Å². The highest BCUT2D eigenvalue weighted by atomic mass is 16.3. The molecule has 2 heteroatoms. The largest absolute Gasteiger partial charge is 0.396 e. The molecule has 4 bridgehead atoms. The first-order valence-corrected chi connectivity index (χ1v) is 7.98. The van der Waals surface area contributed by atoms with Crippen molar-refractivity contribution in [3.05, 3.63) is 0 Å². The number of rotatable bonds is 5. The van der Waals surface area contributed by atoms with Crippen LogP contribution in [0.25, 0.3) is 0 Å². The van der Waals surface area contributed by atoms with E-state index in [1.165, 1.54) is 32.1 Å². The van der Waals surface area contributed by atoms with Crippen molar-refractivity contribution in [2.24, 2.45) is 29.1 Å². The Balaban J connectivity index is 1.60. The Morgan fingerprint density at radius 2 is 1.61 bits per heavy atom. The minimum atomic E-state index is 0.0780. The minimum Gasteiger partial charge on any atom is -0.396 e. The molecule has 0 heterocycles. The second-order valence-corrected chi connectivity index (χ2v) is 7.66. The van der Waals surface area contributed by atoms with Gasteiger partial charge in [-0.1, -0.05) is 13.8 Å². The summed E-state index contributed by atoms with van der Waals surface area (Å²) in [4.78, 5) is 0. The lowest BCUT2D eigenvalue weighted by molar-refractivity contribution is -0.0190. The normalized spacial score (nSPS) is 45.2. The third kappa shape index (κ3) is 2.22. The maximum Gasteiger partial charge on any atom is 0.0496 e. The SMILES string of the molecule is CCC(C)(CO)CNC1C2CC3CC(C2)CC1C3. The van der Waals surface area contributed by atoms with Gasteiger partial charge in [0.2, 0.25) is 0 Å². The van der Waals surface area contributed by atoms with E-state index in [4.69, 9.17) is 0 Å². The van der Waals surface area contributed by atoms with Gasteiger partial charge >= 0.3 is 0 Å². The van der Waals surface area contributed by atoms with Gasteiger partial charge in [-0.15, -0.1) is 0 Å². The van der Waals surface area contributed by atoms with Gasteiger partial charge in [-0.25, -0.2) is 0 Å². The monoisotopic (exact) mass is 251 g/mol. The predicted molar refractivity (Wildman–Crippen MR) is 74.3 cm³/mol. The zero-order valence-corrected chi connectivity index (χ0v) is 12.0. The van der Waals surface area contributed by atoms with E-state index in [9.17, 15) is 5.11 Å². The highest BCUT2D eigenvalue weighted by Crippen LogP contribution is 2.53. The van der Waals surface area contributed by atoms with Gasteiger partial charge < -0.3 is 10.4 Å². The smallest absolute Gasteiger partial charge is 0.0496 e. The number of nitrogens with one attached hydrogen (secondary N) is 1. The molecule has 4 saturated carbocycles. The average molecular weight is 251 g/mol. The van der Waals surface area contributed by atoms with Crippen LogP contribution in [-0.4, -0.2) is 24.3 Å². The van der Waals surface area contributed by atoms with Crippen molar-refractivity contribution < 1.29 is 5.11 Å². The summed E-state index contributed by atoms with van der Waals surface area (Å²) >= 11 is 0. The molecule has 18 heavy (non-hydrogen) atoms. The highest BCUT2D eigenvalue weighted by molar-refractivity contribution is 5.01. The average Bonchev–Trinajstić information content (AvgIpc) is 2.37. The fraction of sp³-hybridized carbons (Fsp3) is 1.00. The topological polar surface area (TPSA) is 32.3 Å². The molecule has 0 spiro atoms. The van der Waals surface area contributed by atoms with Gasteiger partial charge in [0, 0.05) is 24.6 Å². The van der Waals surface area contributed by atoms with Crippen molar-refractivity contribution in [1.29, 1.82) is 0 Å². The fourth-order valence-electron chi connectivity index (χ4n) is 4.92. The van der Waals surface area contributed by atoms with Crippen LogP contribution in [0.3, 0.4) is 0 Å². The van der Waals surface area contributed by atoms with Crippen LogP contribution in [0.4, 0.5) is 0 Å². The molecule has 4 aliphatic carbocycles. The van der Waals surface area contributed by atoms with E-state index in [0.717, 1.165) is 42.7 Å². The Morgan fingerprint density at radius 3 is 2.06 bits per heavy atom. The van der Waals surface area contributed by atoms with Crippen LogP contribution in [0.1, 0.15) is 52.4 Å². The van der Waals surface area contributed by atoms with Gasteiger partial charge in [-0.3, -0.25) is 0 Å². The molecule has 0 aromatic rings. The number of aliphatic hydroxyl groups is 1. The van der Waals surface area contributed by atoms with E-state index in [0.29, 0.717) is 6.61 Å². The summed E-state index contributed by atoms with van der Waals surface area (Å²) in [6.07, 6.45) is 8.51. The molecule has 0 aromatic heterocycles. The second-order valence-electron chi connectivity index (χ2n) is 7.66. The van der Waals surface area contributed by atoms with E-state index in [-0.39, 0.29) is 5.41 Å². The van der Waals surface area contributed by atoms with Crippen LogP contribution in [0.2, 0.25) is 0 Å². The Hall–Kier alpha value is -0.0800. The van der Waals surface area contributed by atoms with Crippen LogP contribution in [0, 0.1) is 29.1 Å². The van der Waals surface area contributed by atoms with Gasteiger partial charge in [0.1, 0.15) is 0 Å². The molecule has 104 valence electrons. The molecule has 2 nitrogen and oxygen atoms in total. The summed E-state index contributed by atoms with van der Waals surface area (Å²) in [6.45, 7) is 5.70. The van der Waals surface area contributed by atoms with Crippen LogP contribution in [0.5, 0.6) is 0 Å². The lowest BCUT2D eigenvalue weighted by Gasteiger charge is -2.55. The quantitative estimate of drug-likeness (QED) is 0.787. The van der Waals surface area contributed by atoms with E-state index in [2.05, 4.69) is 19.2 Å². The van der Waals surface area contributed by atoms with Gasteiger partial charge in [0.05, 0.1) is 0 Å². The number of aliphatic hydroxyl groups excluding tert-OH is 1. The highest BCUT2D eigenvalue weighted by Gasteiger charge is 2.48. The van der Waals surface area contributed by atoms with Crippen LogP contribution in [-0.2, 0) is 0 Å². The van der Waals surface area contributed by atoms with Crippen LogP contribution >= 0.6 is 0 Å². The third-order valence-electron chi connectivity index (χ3n) is 6.23. The molecule has 2 N–H and O–H groups in total. The van der Waals surface area contributed by atoms with Crippen LogP contribution in [0.15, 0.2) is 0 Å². The molecule has 0 saturated heterocycles. The summed E-state index contributed by atoms with van der Waals surface area (Å²) in [6, 6.07) is 0.759. The first kappa shape index (κ1) is 12.9. The van der Waals surface area contributed by atoms with Crippen LogP contribution < -0.4 is 5.32 Å². The van der Waals surface area contributed by atoms with E-state index >= 15 is 0 Å². The third-order valence-corrected chi connectivity index (χ3v) is 6.23. The zero-order chi connectivity index (χ0) is 12.8. The number of hydrogen-bond donors (Lipinski definition) is 2. The molecule has 0 amide bonds. The Kier molecular flexibility index (Phi) is 3.44. The van der Waals surface area contributed by atoms with Gasteiger partial charge in [0.25, 0.3) is 0 Å². The van der Waals surface area contributed by atoms with Crippen molar-refractivity contribution >= 4 is 0 Å². The maximum absolute atomic E-state index is 9.53. The predicted octanol–water partition coefficient (Wildman–Crippen LogP) is 2.81. The van der Waals surface area contributed by atoms with Crippen molar-refractivity contribution in [3.8, 4) is 0 Å². The molecule has 0 aliphatic heterocycles. The Bertz CT molecular complexity index is 269. The van der Waals surface area contributed by atoms with Crippen molar-refractivity contribution in [1.82, 2.24) is 5.32 Å². The van der Waals surface area contributed by atoms with Gasteiger partial charge in [0.15, 0.2) is 0 Å². The molecule has 4 fully saturated rings. The lowest BCUT2D eigenvalue weighted by atomic mass is 9.54. The summed E-state index contributed by atoms with van der Waals surface area (Å²) < 4.78 is 0. The van der Waals surface area contributed by atoms with Crippen molar-refractivity contribution in [2.75, 3.05) is 13.2 Å². The number of hydrogen-bond acceptors (Lipinski definition) is 2. The molecule has 0 radical (unpaired) electrons. The standard InChI is InChI=1S/C16H29NO/c1-3-16(2,10-18)9-17-15-13-5-11-4-12(7-13)8-14(15)6-11/h11-15,17-18H,3-10H2,1-2H3. The molecule has 4 rings (SSSR count). The maximum atomic E-state index is 9.53. The summed E-state index contributed by atoms with van der Waals surface area (Å²) in [5.74, 6) is 4.00. The molecular weight excluding hydrogens is 222 g/mol. The first-order valence-electron chi connectivity index (χ1n) is 7.98. The van der Waals surface area contributed by atoms with E-state index in [1.54, 1.807) is 0 Å². The molecule has 1 atom stereocenters. The van der Waals surface area contributed by atoms with Crippen molar-refractivity contribution in [3.63, 3.8) is 0 Å². The van der Waals surface area contributed by atoms with E-state index < -0.39 is 0 Å². The van der Waals surface area contributed by atoms with E-state index in [1.807, 2.05) is 0 Å². The minimum absolute atomic E-state index is 0.0780. The molecule has 0 aromatic carbocycles. The molecular formula is C16H29NO.